The number of para-hydroxylation sites is 1. The number of carbonyl (C=O) groups is 8. The van der Waals surface area contributed by atoms with Crippen molar-refractivity contribution in [2.75, 3.05) is 18.1 Å². The lowest BCUT2D eigenvalue weighted by Crippen LogP contribution is -2.57. The van der Waals surface area contributed by atoms with Gasteiger partial charge in [-0.05, 0) is 116 Å². The van der Waals surface area contributed by atoms with Gasteiger partial charge in [0, 0.05) is 48.7 Å². The highest BCUT2D eigenvalue weighted by Crippen LogP contribution is 2.41. The summed E-state index contributed by atoms with van der Waals surface area (Å²) in [6.07, 6.45) is 0.834. The number of primary amides is 1. The van der Waals surface area contributed by atoms with Gasteiger partial charge in [-0.15, -0.1) is 11.3 Å². The summed E-state index contributed by atoms with van der Waals surface area (Å²) in [6, 6.07) is 20.7. The number of anilines is 1. The summed E-state index contributed by atoms with van der Waals surface area (Å²) in [5.41, 5.74) is 11.3. The van der Waals surface area contributed by atoms with Gasteiger partial charge in [0.15, 0.2) is 0 Å². The molecule has 6 aromatic rings. The van der Waals surface area contributed by atoms with Gasteiger partial charge in [0.25, 0.3) is 11.4 Å². The van der Waals surface area contributed by atoms with E-state index < -0.39 is 96.3 Å². The topological polar surface area (TPSA) is 333 Å². The van der Waals surface area contributed by atoms with E-state index in [4.69, 9.17) is 10.5 Å². The highest BCUT2D eigenvalue weighted by molar-refractivity contribution is 7.70. The summed E-state index contributed by atoms with van der Waals surface area (Å²) in [5.74, 6) is -3.09. The maximum Gasteiger partial charge on any atom is 0.396 e. The summed E-state index contributed by atoms with van der Waals surface area (Å²) in [4.78, 5) is 139. The molecule has 5 heterocycles. The van der Waals surface area contributed by atoms with Crippen LogP contribution in [0.25, 0.3) is 21.3 Å². The zero-order chi connectivity index (χ0) is 61.1. The Morgan fingerprint density at radius 3 is 2.34 bits per heavy atom. The third kappa shape index (κ3) is 14.4. The van der Waals surface area contributed by atoms with Crippen LogP contribution >= 0.6 is 18.9 Å². The lowest BCUT2D eigenvalue weighted by molar-refractivity contribution is -0.144. The number of ether oxygens (including phenoxy) is 1. The van der Waals surface area contributed by atoms with Gasteiger partial charge in [-0.1, -0.05) is 75.4 Å². The number of H-pyrrole nitrogens is 1. The SMILES string of the molecule is Cc1ncsc1-c1ccc([C@H](C)NC(=O)[C@@H]2C[C@@H](O)CN2C(=O)[C@@H](NC(=O)CCCc2cccc(OC[C@H](CCC(N)=O)NC(=O)[C@@H]3Cc4cccc5c4N3C(=O)[C@@H](NC(=O)c3cc4cc(C(=O)P(=O)(O)O)ccc4[nH]3)CC5)c2)C(C)(C)C)cc1. The number of rotatable bonds is 22. The second-order valence-corrected chi connectivity index (χ2v) is 25.5. The maximum atomic E-state index is 14.6. The number of β-amino-alcohol motifs (C(OH)–C–C–N with tert-alkyl or cyclic N) is 1. The van der Waals surface area contributed by atoms with Crippen molar-refractivity contribution in [3.8, 4) is 16.2 Å². The average molecular weight is 1200 g/mol. The van der Waals surface area contributed by atoms with Crippen molar-refractivity contribution in [2.24, 2.45) is 11.1 Å². The van der Waals surface area contributed by atoms with Crippen LogP contribution in [0.2, 0.25) is 0 Å². The molecule has 0 unspecified atom stereocenters. The van der Waals surface area contributed by atoms with Crippen LogP contribution in [0, 0.1) is 12.3 Å². The van der Waals surface area contributed by atoms with Crippen molar-refractivity contribution in [1.29, 1.82) is 0 Å². The van der Waals surface area contributed by atoms with Gasteiger partial charge in [0.1, 0.15) is 42.2 Å². The Hall–Kier alpha value is -8.08. The third-order valence-corrected chi connectivity index (χ3v) is 17.5. The summed E-state index contributed by atoms with van der Waals surface area (Å²) >= 11 is 1.55. The second-order valence-electron chi connectivity index (χ2n) is 23.2. The minimum atomic E-state index is -5.06. The predicted octanol–water partition coefficient (Wildman–Crippen LogP) is 5.44. The highest BCUT2D eigenvalue weighted by atomic mass is 32.1. The molecule has 24 heteroatoms. The number of aromatic amines is 1. The molecule has 0 saturated carbocycles. The van der Waals surface area contributed by atoms with Crippen LogP contribution in [-0.2, 0) is 52.6 Å². The quantitative estimate of drug-likeness (QED) is 0.0382. The number of aromatic nitrogens is 2. The van der Waals surface area contributed by atoms with Gasteiger partial charge in [-0.3, -0.25) is 47.8 Å². The molecule has 7 atom stereocenters. The number of aryl methyl sites for hydroxylation is 3. The molecule has 22 nitrogen and oxygen atoms in total. The zero-order valence-electron chi connectivity index (χ0n) is 47.8. The fourth-order valence-electron chi connectivity index (χ4n) is 11.3. The van der Waals surface area contributed by atoms with Crippen LogP contribution in [0.3, 0.4) is 0 Å². The van der Waals surface area contributed by atoms with Gasteiger partial charge in [-0.25, -0.2) is 4.98 Å². The van der Waals surface area contributed by atoms with Crippen LogP contribution in [0.1, 0.15) is 121 Å². The number of nitrogens with zero attached hydrogens (tertiary/aromatic N) is 3. The third-order valence-electron chi connectivity index (χ3n) is 15.8. The van der Waals surface area contributed by atoms with E-state index in [0.717, 1.165) is 38.4 Å². The fourth-order valence-corrected chi connectivity index (χ4v) is 12.6. The van der Waals surface area contributed by atoms with E-state index in [1.807, 2.05) is 83.1 Å². The smallest absolute Gasteiger partial charge is 0.396 e. The van der Waals surface area contributed by atoms with Gasteiger partial charge in [-0.2, -0.15) is 0 Å². The number of aliphatic hydroxyl groups is 1. The Labute approximate surface area is 494 Å². The van der Waals surface area contributed by atoms with E-state index >= 15 is 0 Å². The fraction of sp³-hybridized carbons (Fsp3) is 0.393. The largest absolute Gasteiger partial charge is 0.491 e. The molecule has 3 aliphatic rings. The standard InChI is InChI=1S/C61H70N9O13PS/c1-33(36-15-17-38(18-16-36)53-34(2)63-32-85-53)64-56(75)48-29-43(71)30-69(48)59(78)54(61(3,4)5)68-51(73)14-7-10-35-9-6-13-44(25-35)83-31-42(21-24-50(62)72)65-57(76)49-28-39-12-8-11-37-19-23-46(58(77)70(49)52(37)39)67-55(74)47-27-41-26-40(20-22-45(41)66-47)60(79)84(80,81)82/h6,8-9,11-13,15-18,20,22,25-27,32-33,42-43,46,48-49,54,66,71H,7,10,14,19,21,23-24,28-31H2,1-5H3,(H2,62,72)(H,64,75)(H,65,76)(H,67,74)(H,68,73)(H2,80,81,82)/t33-,42-,43+,46-,48-,49-,54+/m0/s1. The summed E-state index contributed by atoms with van der Waals surface area (Å²) in [7, 11) is -5.06. The summed E-state index contributed by atoms with van der Waals surface area (Å²) < 4.78 is 17.8. The normalized spacial score (nSPS) is 18.7. The number of hydrogen-bond acceptors (Lipinski definition) is 13. The number of fused-ring (bicyclic) bond motifs is 1. The number of hydrogen-bond donors (Lipinski definition) is 9. The number of benzene rings is 4. The lowest BCUT2D eigenvalue weighted by Gasteiger charge is -2.35. The number of nitrogens with one attached hydrogen (secondary N) is 5. The molecule has 9 rings (SSSR count). The Morgan fingerprint density at radius 2 is 1.64 bits per heavy atom. The number of likely N-dealkylation sites (tertiary alicyclic amines) is 1. The molecule has 0 bridgehead atoms. The first-order valence-electron chi connectivity index (χ1n) is 28.2. The van der Waals surface area contributed by atoms with E-state index in [2.05, 4.69) is 31.2 Å². The van der Waals surface area contributed by atoms with Crippen molar-refractivity contribution in [3.63, 3.8) is 0 Å². The van der Waals surface area contributed by atoms with Crippen LogP contribution in [0.15, 0.2) is 96.5 Å². The van der Waals surface area contributed by atoms with Gasteiger partial charge in [0.2, 0.25) is 35.4 Å². The maximum absolute atomic E-state index is 14.6. The molecule has 0 aliphatic carbocycles. The Bertz CT molecular complexity index is 3610. The predicted molar refractivity (Wildman–Crippen MR) is 317 cm³/mol. The molecule has 1 fully saturated rings. The Morgan fingerprint density at radius 1 is 0.906 bits per heavy atom. The monoisotopic (exact) mass is 1200 g/mol. The minimum Gasteiger partial charge on any atom is -0.491 e. The van der Waals surface area contributed by atoms with E-state index in [1.165, 1.54) is 34.1 Å². The molecular formula is C61H70N9O13PS. The van der Waals surface area contributed by atoms with Crippen molar-refractivity contribution < 1.29 is 62.6 Å². The van der Waals surface area contributed by atoms with Crippen molar-refractivity contribution in [2.45, 2.75) is 135 Å². The number of aliphatic hydroxyl groups excluding tert-OH is 1. The van der Waals surface area contributed by atoms with E-state index in [-0.39, 0.29) is 68.8 Å². The zero-order valence-corrected chi connectivity index (χ0v) is 49.5. The van der Waals surface area contributed by atoms with Crippen molar-refractivity contribution >= 4 is 82.4 Å². The van der Waals surface area contributed by atoms with Crippen LogP contribution in [-0.4, -0.2) is 126 Å². The highest BCUT2D eigenvalue weighted by Gasteiger charge is 2.46. The number of amides is 7. The number of carbonyl (C=O) groups excluding carboxylic acids is 8. The second kappa shape index (κ2) is 25.6. The lowest BCUT2D eigenvalue weighted by atomic mass is 9.85. The van der Waals surface area contributed by atoms with E-state index in [0.29, 0.717) is 41.6 Å². The van der Waals surface area contributed by atoms with Crippen molar-refractivity contribution in [3.05, 3.63) is 136 Å². The molecular weight excluding hydrogens is 1130 g/mol. The molecule has 4 aromatic carbocycles. The van der Waals surface area contributed by atoms with Gasteiger partial charge >= 0.3 is 7.60 Å². The molecule has 7 amide bonds. The Balaban J connectivity index is 0.791. The number of thiazole rings is 1. The summed E-state index contributed by atoms with van der Waals surface area (Å²) in [5, 5.41) is 22.8. The molecule has 0 radical (unpaired) electrons. The molecule has 2 aromatic heterocycles. The molecule has 85 heavy (non-hydrogen) atoms. The van der Waals surface area contributed by atoms with Gasteiger partial charge in [0.05, 0.1) is 40.0 Å². The summed E-state index contributed by atoms with van der Waals surface area (Å²) in [6.45, 7) is 9.14. The van der Waals surface area contributed by atoms with Gasteiger partial charge < -0.3 is 56.5 Å². The van der Waals surface area contributed by atoms with Crippen molar-refractivity contribution in [1.82, 2.24) is 36.1 Å². The first-order valence-corrected chi connectivity index (χ1v) is 30.7. The molecule has 0 spiro atoms. The first kappa shape index (κ1) is 61.5. The molecule has 448 valence electrons. The van der Waals surface area contributed by atoms with Crippen LogP contribution < -0.4 is 36.6 Å². The molecule has 10 N–H and O–H groups in total. The Kier molecular flexibility index (Phi) is 18.5. The minimum absolute atomic E-state index is 0.0267. The molecule has 1 saturated heterocycles. The first-order chi connectivity index (χ1) is 40.3. The van der Waals surface area contributed by atoms with Crippen LogP contribution in [0.4, 0.5) is 5.69 Å². The molecule has 3 aliphatic heterocycles. The van der Waals surface area contributed by atoms with E-state index in [1.54, 1.807) is 35.0 Å². The average Bonchev–Trinajstić information content (AvgIpc) is 3.04. The van der Waals surface area contributed by atoms with Crippen LogP contribution in [0.5, 0.6) is 5.75 Å². The van der Waals surface area contributed by atoms with E-state index in [9.17, 15) is 57.8 Å². The number of nitrogens with two attached hydrogens (primary N) is 1.